The summed E-state index contributed by atoms with van der Waals surface area (Å²) < 4.78 is 0. The van der Waals surface area contributed by atoms with Crippen molar-refractivity contribution in [2.75, 3.05) is 7.05 Å². The van der Waals surface area contributed by atoms with Gasteiger partial charge in [0.15, 0.2) is 0 Å². The zero-order valence-electron chi connectivity index (χ0n) is 12.9. The molecule has 0 spiro atoms. The molecule has 2 N–H and O–H groups in total. The summed E-state index contributed by atoms with van der Waals surface area (Å²) in [5.41, 5.74) is 0.797. The molecule has 5 heteroatoms. The Bertz CT molecular complexity index is 458. The molecule has 0 aromatic heterocycles. The van der Waals surface area contributed by atoms with E-state index in [0.29, 0.717) is 0 Å². The summed E-state index contributed by atoms with van der Waals surface area (Å²) in [4.78, 5) is 25.0. The highest BCUT2D eigenvalue weighted by molar-refractivity contribution is 5.76. The maximum atomic E-state index is 12.3. The Morgan fingerprint density at radius 3 is 2.24 bits per heavy atom. The molecule has 0 radical (unpaired) electrons. The molecule has 116 valence electrons. The molecule has 0 aliphatic rings. The smallest absolute Gasteiger partial charge is 0.317 e. The summed E-state index contributed by atoms with van der Waals surface area (Å²) in [5, 5.41) is 11.9. The summed E-state index contributed by atoms with van der Waals surface area (Å²) >= 11 is 0. The standard InChI is InChI=1S/C16H24N2O3/c1-4-13(5-2)18(3)16(21)17-14(11-15(19)20)12-9-7-6-8-10-12/h6-10,13-14H,4-5,11H2,1-3H3,(H,17,21)(H,19,20). The Kier molecular flexibility index (Phi) is 6.72. The first-order valence-electron chi connectivity index (χ1n) is 7.29. The number of carbonyl (C=O) groups excluding carboxylic acids is 1. The van der Waals surface area contributed by atoms with Crippen LogP contribution in [-0.4, -0.2) is 35.1 Å². The third-order valence-corrected chi connectivity index (χ3v) is 3.69. The Morgan fingerprint density at radius 2 is 1.76 bits per heavy atom. The van der Waals surface area contributed by atoms with Gasteiger partial charge in [-0.3, -0.25) is 4.79 Å². The predicted molar refractivity (Wildman–Crippen MR) is 82.1 cm³/mol. The molecule has 1 unspecified atom stereocenters. The number of aliphatic carboxylic acids is 1. The average Bonchev–Trinajstić information content (AvgIpc) is 2.48. The summed E-state index contributed by atoms with van der Waals surface area (Å²) in [6.45, 7) is 4.06. The number of carbonyl (C=O) groups is 2. The van der Waals surface area contributed by atoms with Gasteiger partial charge in [0.25, 0.3) is 0 Å². The van der Waals surface area contributed by atoms with Crippen molar-refractivity contribution in [1.29, 1.82) is 0 Å². The maximum absolute atomic E-state index is 12.3. The lowest BCUT2D eigenvalue weighted by Crippen LogP contribution is -2.44. The van der Waals surface area contributed by atoms with E-state index in [1.165, 1.54) is 0 Å². The minimum absolute atomic E-state index is 0.132. The van der Waals surface area contributed by atoms with Crippen molar-refractivity contribution in [3.05, 3.63) is 35.9 Å². The lowest BCUT2D eigenvalue weighted by molar-refractivity contribution is -0.137. The van der Waals surface area contributed by atoms with E-state index < -0.39 is 12.0 Å². The molecule has 5 nitrogen and oxygen atoms in total. The number of carboxylic acids is 1. The molecule has 0 bridgehead atoms. The average molecular weight is 292 g/mol. The van der Waals surface area contributed by atoms with Crippen LogP contribution < -0.4 is 5.32 Å². The molecule has 0 saturated carbocycles. The molecule has 1 aromatic carbocycles. The fourth-order valence-electron chi connectivity index (χ4n) is 2.37. The quantitative estimate of drug-likeness (QED) is 0.811. The number of hydrogen-bond donors (Lipinski definition) is 2. The monoisotopic (exact) mass is 292 g/mol. The molecule has 2 amide bonds. The molecule has 1 rings (SSSR count). The van der Waals surface area contributed by atoms with Gasteiger partial charge in [0.2, 0.25) is 0 Å². The van der Waals surface area contributed by atoms with Crippen LogP contribution in [0.4, 0.5) is 4.79 Å². The Hall–Kier alpha value is -2.04. The first-order valence-corrected chi connectivity index (χ1v) is 7.29. The van der Waals surface area contributed by atoms with Crippen LogP contribution in [0.2, 0.25) is 0 Å². The third-order valence-electron chi connectivity index (χ3n) is 3.69. The van der Waals surface area contributed by atoms with Crippen LogP contribution in [0.3, 0.4) is 0 Å². The van der Waals surface area contributed by atoms with Gasteiger partial charge >= 0.3 is 12.0 Å². The highest BCUT2D eigenvalue weighted by Gasteiger charge is 2.22. The van der Waals surface area contributed by atoms with Crippen molar-refractivity contribution in [2.24, 2.45) is 0 Å². The second-order valence-electron chi connectivity index (χ2n) is 5.09. The topological polar surface area (TPSA) is 69.6 Å². The number of nitrogens with one attached hydrogen (secondary N) is 1. The highest BCUT2D eigenvalue weighted by Crippen LogP contribution is 2.17. The van der Waals surface area contributed by atoms with E-state index in [2.05, 4.69) is 5.32 Å². The van der Waals surface area contributed by atoms with Crippen molar-refractivity contribution in [3.8, 4) is 0 Å². The van der Waals surface area contributed by atoms with E-state index in [9.17, 15) is 9.59 Å². The zero-order chi connectivity index (χ0) is 15.8. The molecule has 0 aliphatic carbocycles. The van der Waals surface area contributed by atoms with E-state index in [1.54, 1.807) is 11.9 Å². The number of hydrogen-bond acceptors (Lipinski definition) is 2. The number of urea groups is 1. The molecule has 21 heavy (non-hydrogen) atoms. The van der Waals surface area contributed by atoms with Crippen molar-refractivity contribution in [3.63, 3.8) is 0 Å². The van der Waals surface area contributed by atoms with Gasteiger partial charge in [-0.2, -0.15) is 0 Å². The van der Waals surface area contributed by atoms with Crippen LogP contribution in [0.15, 0.2) is 30.3 Å². The number of benzene rings is 1. The molecule has 0 fully saturated rings. The molecule has 0 aliphatic heterocycles. The van der Waals surface area contributed by atoms with Crippen LogP contribution in [0.25, 0.3) is 0 Å². The largest absolute Gasteiger partial charge is 0.481 e. The van der Waals surface area contributed by atoms with Gasteiger partial charge in [-0.05, 0) is 18.4 Å². The van der Waals surface area contributed by atoms with Gasteiger partial charge < -0.3 is 15.3 Å². The van der Waals surface area contributed by atoms with E-state index in [1.807, 2.05) is 44.2 Å². The lowest BCUT2D eigenvalue weighted by atomic mass is 10.0. The van der Waals surface area contributed by atoms with Gasteiger partial charge in [-0.15, -0.1) is 0 Å². The van der Waals surface area contributed by atoms with Gasteiger partial charge in [0, 0.05) is 13.1 Å². The van der Waals surface area contributed by atoms with E-state index in [4.69, 9.17) is 5.11 Å². The SMILES string of the molecule is CCC(CC)N(C)C(=O)NC(CC(=O)O)c1ccccc1. The van der Waals surface area contributed by atoms with Crippen molar-refractivity contribution in [1.82, 2.24) is 10.2 Å². The second-order valence-corrected chi connectivity index (χ2v) is 5.09. The first kappa shape index (κ1) is 17.0. The minimum atomic E-state index is -0.936. The lowest BCUT2D eigenvalue weighted by Gasteiger charge is -2.28. The van der Waals surface area contributed by atoms with Crippen LogP contribution in [-0.2, 0) is 4.79 Å². The zero-order valence-corrected chi connectivity index (χ0v) is 12.9. The second kappa shape index (κ2) is 8.29. The summed E-state index contributed by atoms with van der Waals surface area (Å²) in [6.07, 6.45) is 1.61. The van der Waals surface area contributed by atoms with E-state index >= 15 is 0 Å². The Morgan fingerprint density at radius 1 is 1.19 bits per heavy atom. The van der Waals surface area contributed by atoms with E-state index in [-0.39, 0.29) is 18.5 Å². The summed E-state index contributed by atoms with van der Waals surface area (Å²) in [6, 6.07) is 8.58. The van der Waals surface area contributed by atoms with Crippen molar-refractivity contribution < 1.29 is 14.7 Å². The van der Waals surface area contributed by atoms with Gasteiger partial charge in [0.05, 0.1) is 12.5 Å². The van der Waals surface area contributed by atoms with Crippen LogP contribution >= 0.6 is 0 Å². The first-order chi connectivity index (χ1) is 9.99. The van der Waals surface area contributed by atoms with Crippen LogP contribution in [0.1, 0.15) is 44.7 Å². The minimum Gasteiger partial charge on any atom is -0.481 e. The van der Waals surface area contributed by atoms with Crippen molar-refractivity contribution >= 4 is 12.0 Å². The number of nitrogens with zero attached hydrogens (tertiary/aromatic N) is 1. The maximum Gasteiger partial charge on any atom is 0.317 e. The fraction of sp³-hybridized carbons (Fsp3) is 0.500. The molecule has 0 heterocycles. The molecular formula is C16H24N2O3. The predicted octanol–water partition coefficient (Wildman–Crippen LogP) is 3.03. The molecule has 0 saturated heterocycles. The fourth-order valence-corrected chi connectivity index (χ4v) is 2.37. The normalized spacial score (nSPS) is 12.0. The van der Waals surface area contributed by atoms with Gasteiger partial charge in [-0.25, -0.2) is 4.79 Å². The van der Waals surface area contributed by atoms with Gasteiger partial charge in [-0.1, -0.05) is 44.2 Å². The Balaban J connectivity index is 2.82. The van der Waals surface area contributed by atoms with E-state index in [0.717, 1.165) is 18.4 Å². The third kappa shape index (κ3) is 5.10. The Labute approximate surface area is 126 Å². The van der Waals surface area contributed by atoms with Crippen molar-refractivity contribution in [2.45, 2.75) is 45.2 Å². The van der Waals surface area contributed by atoms with Gasteiger partial charge in [0.1, 0.15) is 0 Å². The number of carboxylic acid groups (broad SMARTS) is 1. The molecule has 1 aromatic rings. The van der Waals surface area contributed by atoms with Crippen LogP contribution in [0, 0.1) is 0 Å². The highest BCUT2D eigenvalue weighted by atomic mass is 16.4. The molecular weight excluding hydrogens is 268 g/mol. The summed E-state index contributed by atoms with van der Waals surface area (Å²) in [7, 11) is 1.75. The summed E-state index contributed by atoms with van der Waals surface area (Å²) in [5.74, 6) is -0.936. The number of amides is 2. The van der Waals surface area contributed by atoms with Crippen LogP contribution in [0.5, 0.6) is 0 Å². The number of rotatable bonds is 7. The molecule has 1 atom stereocenters.